The molecule has 0 saturated heterocycles. The first-order valence-electron chi connectivity index (χ1n) is 4.84. The van der Waals surface area contributed by atoms with Crippen molar-refractivity contribution in [1.29, 1.82) is 0 Å². The predicted octanol–water partition coefficient (Wildman–Crippen LogP) is 1.49. The first kappa shape index (κ1) is 11.5. The summed E-state index contributed by atoms with van der Waals surface area (Å²) in [5.41, 5.74) is 0.810. The van der Waals surface area contributed by atoms with Crippen molar-refractivity contribution in [2.75, 3.05) is 11.4 Å². The maximum atomic E-state index is 12.8. The summed E-state index contributed by atoms with van der Waals surface area (Å²) in [7, 11) is 0. The number of aliphatic carboxylic acids is 1. The SMILES string of the molecule is O=C(O)C1=CN(c2ccc(F)cc2)C(=S)NC1. The first-order valence-corrected chi connectivity index (χ1v) is 5.25. The molecule has 1 heterocycles. The molecule has 0 fully saturated rings. The average Bonchev–Trinajstić information content (AvgIpc) is 2.31. The van der Waals surface area contributed by atoms with Crippen LogP contribution in [-0.4, -0.2) is 22.7 Å². The second kappa shape index (κ2) is 4.50. The molecule has 2 N–H and O–H groups in total. The standard InChI is InChI=1S/C11H9FN2O2S/c12-8-1-3-9(4-2-8)14-6-7(10(15)16)5-13-11(14)17/h1-4,6H,5H2,(H,13,17)(H,15,16). The molecule has 0 radical (unpaired) electrons. The van der Waals surface area contributed by atoms with Gasteiger partial charge in [0.25, 0.3) is 0 Å². The highest BCUT2D eigenvalue weighted by atomic mass is 32.1. The highest BCUT2D eigenvalue weighted by Crippen LogP contribution is 2.18. The average molecular weight is 252 g/mol. The van der Waals surface area contributed by atoms with Crippen molar-refractivity contribution in [3.05, 3.63) is 41.9 Å². The Labute approximate surface area is 102 Å². The number of anilines is 1. The molecule has 0 saturated carbocycles. The van der Waals surface area contributed by atoms with Crippen LogP contribution in [0.3, 0.4) is 0 Å². The van der Waals surface area contributed by atoms with Crippen LogP contribution in [0.25, 0.3) is 0 Å². The van der Waals surface area contributed by atoms with E-state index in [1.165, 1.54) is 35.4 Å². The van der Waals surface area contributed by atoms with Gasteiger partial charge >= 0.3 is 5.97 Å². The van der Waals surface area contributed by atoms with Crippen LogP contribution in [0.2, 0.25) is 0 Å². The molecule has 0 amide bonds. The minimum absolute atomic E-state index is 0.186. The maximum absolute atomic E-state index is 12.8. The molecule has 17 heavy (non-hydrogen) atoms. The van der Waals surface area contributed by atoms with E-state index < -0.39 is 5.97 Å². The third kappa shape index (κ3) is 2.42. The number of carboxylic acids is 1. The van der Waals surface area contributed by atoms with E-state index in [2.05, 4.69) is 5.32 Å². The molecule has 0 atom stereocenters. The largest absolute Gasteiger partial charge is 0.478 e. The summed E-state index contributed by atoms with van der Waals surface area (Å²) in [5.74, 6) is -1.36. The third-order valence-corrected chi connectivity index (χ3v) is 2.65. The number of hydrogen-bond donors (Lipinski definition) is 2. The molecule has 6 heteroatoms. The fourth-order valence-electron chi connectivity index (χ4n) is 1.44. The Bertz CT molecular complexity index is 499. The van der Waals surface area contributed by atoms with Gasteiger partial charge in [0.05, 0.1) is 12.1 Å². The Kier molecular flexibility index (Phi) is 3.06. The van der Waals surface area contributed by atoms with E-state index in [9.17, 15) is 9.18 Å². The second-order valence-electron chi connectivity index (χ2n) is 3.46. The van der Waals surface area contributed by atoms with Crippen LogP contribution >= 0.6 is 12.2 Å². The van der Waals surface area contributed by atoms with Gasteiger partial charge in [-0.1, -0.05) is 0 Å². The van der Waals surface area contributed by atoms with Crippen LogP contribution in [0.15, 0.2) is 36.0 Å². The molecule has 1 aliphatic rings. The highest BCUT2D eigenvalue weighted by molar-refractivity contribution is 7.80. The van der Waals surface area contributed by atoms with Gasteiger partial charge in [0, 0.05) is 11.9 Å². The molecule has 88 valence electrons. The third-order valence-electron chi connectivity index (χ3n) is 2.31. The van der Waals surface area contributed by atoms with Crippen molar-refractivity contribution in [1.82, 2.24) is 5.32 Å². The van der Waals surface area contributed by atoms with E-state index in [-0.39, 0.29) is 17.9 Å². The molecule has 1 aromatic rings. The number of nitrogens with zero attached hydrogens (tertiary/aromatic N) is 1. The van der Waals surface area contributed by atoms with Crippen LogP contribution in [-0.2, 0) is 4.79 Å². The summed E-state index contributed by atoms with van der Waals surface area (Å²) < 4.78 is 12.8. The second-order valence-corrected chi connectivity index (χ2v) is 3.85. The molecule has 0 bridgehead atoms. The van der Waals surface area contributed by atoms with Crippen molar-refractivity contribution >= 4 is 29.0 Å². The number of hydrogen-bond acceptors (Lipinski definition) is 2. The van der Waals surface area contributed by atoms with E-state index in [1.54, 1.807) is 0 Å². The van der Waals surface area contributed by atoms with E-state index >= 15 is 0 Å². The zero-order valence-electron chi connectivity index (χ0n) is 8.68. The Morgan fingerprint density at radius 1 is 1.41 bits per heavy atom. The zero-order chi connectivity index (χ0) is 12.4. The number of halogens is 1. The van der Waals surface area contributed by atoms with Gasteiger partial charge in [0.2, 0.25) is 0 Å². The van der Waals surface area contributed by atoms with E-state index in [0.29, 0.717) is 10.8 Å². The van der Waals surface area contributed by atoms with Crippen LogP contribution in [0, 0.1) is 5.82 Å². The van der Waals surface area contributed by atoms with E-state index in [1.807, 2.05) is 0 Å². The van der Waals surface area contributed by atoms with Crippen LogP contribution in [0.1, 0.15) is 0 Å². The van der Waals surface area contributed by atoms with Gasteiger partial charge < -0.3 is 10.4 Å². The molecule has 4 nitrogen and oxygen atoms in total. The van der Waals surface area contributed by atoms with Crippen LogP contribution in [0.5, 0.6) is 0 Å². The van der Waals surface area contributed by atoms with Gasteiger partial charge in [-0.25, -0.2) is 9.18 Å². The Hall–Kier alpha value is -1.95. The molecule has 0 spiro atoms. The van der Waals surface area contributed by atoms with E-state index in [4.69, 9.17) is 17.3 Å². The minimum Gasteiger partial charge on any atom is -0.478 e. The molecule has 1 aromatic carbocycles. The van der Waals surface area contributed by atoms with Crippen molar-refractivity contribution < 1.29 is 14.3 Å². The topological polar surface area (TPSA) is 52.6 Å². The molecule has 0 aromatic heterocycles. The lowest BCUT2D eigenvalue weighted by atomic mass is 10.2. The summed E-state index contributed by atoms with van der Waals surface area (Å²) >= 11 is 5.07. The lowest BCUT2D eigenvalue weighted by Crippen LogP contribution is -2.43. The molecular weight excluding hydrogens is 243 g/mol. The predicted molar refractivity (Wildman–Crippen MR) is 65.2 cm³/mol. The minimum atomic E-state index is -1.01. The van der Waals surface area contributed by atoms with Gasteiger partial charge in [-0.05, 0) is 36.5 Å². The van der Waals surface area contributed by atoms with Crippen molar-refractivity contribution in [2.45, 2.75) is 0 Å². The fourth-order valence-corrected chi connectivity index (χ4v) is 1.67. The lowest BCUT2D eigenvalue weighted by molar-refractivity contribution is -0.132. The smallest absolute Gasteiger partial charge is 0.334 e. The number of carboxylic acid groups (broad SMARTS) is 1. The number of thiocarbonyl (C=S) groups is 1. The molecule has 1 aliphatic heterocycles. The highest BCUT2D eigenvalue weighted by Gasteiger charge is 2.19. The van der Waals surface area contributed by atoms with E-state index in [0.717, 1.165) is 0 Å². The summed E-state index contributed by atoms with van der Waals surface area (Å²) in [6.07, 6.45) is 1.44. The Morgan fingerprint density at radius 3 is 2.65 bits per heavy atom. The molecule has 0 aliphatic carbocycles. The molecule has 2 rings (SSSR count). The summed E-state index contributed by atoms with van der Waals surface area (Å²) in [6, 6.07) is 5.65. The van der Waals surface area contributed by atoms with Crippen molar-refractivity contribution in [2.24, 2.45) is 0 Å². The number of nitrogens with one attached hydrogen (secondary N) is 1. The number of benzene rings is 1. The normalized spacial score (nSPS) is 15.2. The lowest BCUT2D eigenvalue weighted by Gasteiger charge is -2.27. The zero-order valence-corrected chi connectivity index (χ0v) is 9.50. The fraction of sp³-hybridized carbons (Fsp3) is 0.0909. The molecule has 0 unspecified atom stereocenters. The molecular formula is C11H9FN2O2S. The summed E-state index contributed by atoms with van der Waals surface area (Å²) in [4.78, 5) is 12.4. The Balaban J connectivity index is 2.35. The van der Waals surface area contributed by atoms with Crippen molar-refractivity contribution in [3.8, 4) is 0 Å². The maximum Gasteiger partial charge on any atom is 0.334 e. The van der Waals surface area contributed by atoms with Gasteiger partial charge in [-0.2, -0.15) is 0 Å². The number of carbonyl (C=O) groups is 1. The van der Waals surface area contributed by atoms with Crippen molar-refractivity contribution in [3.63, 3.8) is 0 Å². The van der Waals surface area contributed by atoms with Gasteiger partial charge in [0.1, 0.15) is 5.82 Å². The first-order chi connectivity index (χ1) is 8.08. The summed E-state index contributed by atoms with van der Waals surface area (Å²) in [6.45, 7) is 0.186. The number of rotatable bonds is 2. The quantitative estimate of drug-likeness (QED) is 0.781. The van der Waals surface area contributed by atoms with Crippen LogP contribution in [0.4, 0.5) is 10.1 Å². The van der Waals surface area contributed by atoms with Gasteiger partial charge in [0.15, 0.2) is 5.11 Å². The Morgan fingerprint density at radius 2 is 2.06 bits per heavy atom. The van der Waals surface area contributed by atoms with Crippen LogP contribution < -0.4 is 10.2 Å². The van der Waals surface area contributed by atoms with Gasteiger partial charge in [-0.15, -0.1) is 0 Å². The monoisotopic (exact) mass is 252 g/mol. The van der Waals surface area contributed by atoms with Gasteiger partial charge in [-0.3, -0.25) is 4.90 Å². The summed E-state index contributed by atoms with van der Waals surface area (Å²) in [5, 5.41) is 12.1.